The molecular formula is C12H18N4O4S. The van der Waals surface area contributed by atoms with Crippen LogP contribution in [0.2, 0.25) is 0 Å². The van der Waals surface area contributed by atoms with Gasteiger partial charge in [-0.2, -0.15) is 0 Å². The van der Waals surface area contributed by atoms with E-state index in [0.717, 1.165) is 31.5 Å². The molecule has 0 bridgehead atoms. The average molecular weight is 314 g/mol. The SMILES string of the molecule is CN1CCCC1CNS(=O)(=O)c1ccc(N)cc1[N+](=O)[O-]. The monoisotopic (exact) mass is 314 g/mol. The number of hydrogen-bond acceptors (Lipinski definition) is 6. The van der Waals surface area contributed by atoms with Gasteiger partial charge in [0.1, 0.15) is 0 Å². The number of likely N-dealkylation sites (tertiary alicyclic amines) is 1. The van der Waals surface area contributed by atoms with Gasteiger partial charge in [0.15, 0.2) is 4.90 Å². The number of sulfonamides is 1. The third kappa shape index (κ3) is 3.49. The first-order valence-electron chi connectivity index (χ1n) is 6.55. The van der Waals surface area contributed by atoms with E-state index in [0.29, 0.717) is 0 Å². The molecule has 2 rings (SSSR count). The van der Waals surface area contributed by atoms with Crippen molar-refractivity contribution < 1.29 is 13.3 Å². The van der Waals surface area contributed by atoms with Gasteiger partial charge in [-0.15, -0.1) is 0 Å². The quantitative estimate of drug-likeness (QED) is 0.465. The fraction of sp³-hybridized carbons (Fsp3) is 0.500. The highest BCUT2D eigenvalue weighted by molar-refractivity contribution is 7.89. The van der Waals surface area contributed by atoms with Crippen LogP contribution in [-0.4, -0.2) is 44.4 Å². The number of nitrogens with zero attached hydrogens (tertiary/aromatic N) is 2. The van der Waals surface area contributed by atoms with Crippen molar-refractivity contribution in [1.82, 2.24) is 9.62 Å². The predicted molar refractivity (Wildman–Crippen MR) is 78.3 cm³/mol. The summed E-state index contributed by atoms with van der Waals surface area (Å²) in [5, 5.41) is 11.0. The highest BCUT2D eigenvalue weighted by Gasteiger charge is 2.28. The summed E-state index contributed by atoms with van der Waals surface area (Å²) in [6, 6.07) is 3.67. The molecule has 0 aromatic heterocycles. The van der Waals surface area contributed by atoms with Crippen molar-refractivity contribution in [3.8, 4) is 0 Å². The lowest BCUT2D eigenvalue weighted by Gasteiger charge is -2.19. The molecule has 3 N–H and O–H groups in total. The van der Waals surface area contributed by atoms with Crippen LogP contribution in [0.15, 0.2) is 23.1 Å². The van der Waals surface area contributed by atoms with Crippen molar-refractivity contribution in [3.63, 3.8) is 0 Å². The molecule has 1 atom stereocenters. The van der Waals surface area contributed by atoms with Gasteiger partial charge >= 0.3 is 0 Å². The van der Waals surface area contributed by atoms with E-state index in [9.17, 15) is 18.5 Å². The van der Waals surface area contributed by atoms with Crippen LogP contribution in [0.5, 0.6) is 0 Å². The third-order valence-corrected chi connectivity index (χ3v) is 5.12. The van der Waals surface area contributed by atoms with Gasteiger partial charge in [0.05, 0.1) is 4.92 Å². The number of anilines is 1. The summed E-state index contributed by atoms with van der Waals surface area (Å²) >= 11 is 0. The summed E-state index contributed by atoms with van der Waals surface area (Å²) in [5.74, 6) is 0. The van der Waals surface area contributed by atoms with Crippen LogP contribution in [0.25, 0.3) is 0 Å². The molecule has 116 valence electrons. The Labute approximate surface area is 123 Å². The van der Waals surface area contributed by atoms with Crippen LogP contribution < -0.4 is 10.5 Å². The van der Waals surface area contributed by atoms with Gasteiger partial charge in [0.2, 0.25) is 10.0 Å². The number of nitrogen functional groups attached to an aromatic ring is 1. The number of benzene rings is 1. The highest BCUT2D eigenvalue weighted by atomic mass is 32.2. The molecular weight excluding hydrogens is 296 g/mol. The Morgan fingerprint density at radius 1 is 1.52 bits per heavy atom. The van der Waals surface area contributed by atoms with Crippen molar-refractivity contribution in [2.24, 2.45) is 0 Å². The van der Waals surface area contributed by atoms with E-state index in [1.165, 1.54) is 6.07 Å². The lowest BCUT2D eigenvalue weighted by molar-refractivity contribution is -0.387. The summed E-state index contributed by atoms with van der Waals surface area (Å²) in [6.07, 6.45) is 1.92. The Kier molecular flexibility index (Phi) is 4.45. The summed E-state index contributed by atoms with van der Waals surface area (Å²) in [6.45, 7) is 1.16. The van der Waals surface area contributed by atoms with Gasteiger partial charge in [-0.3, -0.25) is 10.1 Å². The zero-order chi connectivity index (χ0) is 15.6. The molecule has 1 aromatic carbocycles. The van der Waals surface area contributed by atoms with E-state index in [1.54, 1.807) is 0 Å². The Balaban J connectivity index is 2.21. The fourth-order valence-electron chi connectivity index (χ4n) is 2.43. The number of likely N-dealkylation sites (N-methyl/N-ethyl adjacent to an activating group) is 1. The zero-order valence-corrected chi connectivity index (χ0v) is 12.5. The Bertz CT molecular complexity index is 647. The lowest BCUT2D eigenvalue weighted by atomic mass is 10.2. The fourth-order valence-corrected chi connectivity index (χ4v) is 3.65. The van der Waals surface area contributed by atoms with Crippen LogP contribution in [0.3, 0.4) is 0 Å². The van der Waals surface area contributed by atoms with Crippen molar-refractivity contribution in [2.45, 2.75) is 23.8 Å². The van der Waals surface area contributed by atoms with Gasteiger partial charge in [-0.25, -0.2) is 13.1 Å². The molecule has 1 unspecified atom stereocenters. The summed E-state index contributed by atoms with van der Waals surface area (Å²) < 4.78 is 27.0. The van der Waals surface area contributed by atoms with Crippen LogP contribution in [0, 0.1) is 10.1 Å². The van der Waals surface area contributed by atoms with E-state index in [1.807, 2.05) is 7.05 Å². The molecule has 0 spiro atoms. The molecule has 9 heteroatoms. The van der Waals surface area contributed by atoms with Crippen LogP contribution in [0.4, 0.5) is 11.4 Å². The van der Waals surface area contributed by atoms with Crippen LogP contribution in [0.1, 0.15) is 12.8 Å². The number of nitrogens with two attached hydrogens (primary N) is 1. The molecule has 0 radical (unpaired) electrons. The van der Waals surface area contributed by atoms with E-state index in [4.69, 9.17) is 5.73 Å². The standard InChI is InChI=1S/C12H18N4O4S/c1-15-6-2-3-10(15)8-14-21(19,20)12-5-4-9(13)7-11(12)16(17)18/h4-5,7,10,14H,2-3,6,8,13H2,1H3. The molecule has 0 amide bonds. The molecule has 0 saturated carbocycles. The maximum atomic E-state index is 12.3. The van der Waals surface area contributed by atoms with E-state index in [-0.39, 0.29) is 23.2 Å². The van der Waals surface area contributed by atoms with Crippen LogP contribution >= 0.6 is 0 Å². The van der Waals surface area contributed by atoms with Gasteiger partial charge < -0.3 is 10.6 Å². The van der Waals surface area contributed by atoms with Gasteiger partial charge in [0, 0.05) is 24.3 Å². The van der Waals surface area contributed by atoms with Crippen molar-refractivity contribution >= 4 is 21.4 Å². The first-order chi connectivity index (χ1) is 9.81. The second-order valence-corrected chi connectivity index (χ2v) is 6.85. The lowest BCUT2D eigenvalue weighted by Crippen LogP contribution is -2.38. The first kappa shape index (κ1) is 15.7. The van der Waals surface area contributed by atoms with Gasteiger partial charge in [-0.05, 0) is 38.6 Å². The molecule has 21 heavy (non-hydrogen) atoms. The summed E-state index contributed by atoms with van der Waals surface area (Å²) in [7, 11) is -2.01. The number of rotatable bonds is 5. The Morgan fingerprint density at radius 2 is 2.24 bits per heavy atom. The highest BCUT2D eigenvalue weighted by Crippen LogP contribution is 2.26. The predicted octanol–water partition coefficient (Wildman–Crippen LogP) is 0.550. The molecule has 0 aliphatic carbocycles. The molecule has 1 aromatic rings. The average Bonchev–Trinajstić information content (AvgIpc) is 2.81. The second kappa shape index (κ2) is 5.96. The minimum absolute atomic E-state index is 0.118. The molecule has 1 aliphatic rings. The number of nitro groups is 1. The van der Waals surface area contributed by atoms with E-state index in [2.05, 4.69) is 9.62 Å². The molecule has 1 saturated heterocycles. The van der Waals surface area contributed by atoms with Crippen molar-refractivity contribution in [3.05, 3.63) is 28.3 Å². The van der Waals surface area contributed by atoms with E-state index < -0.39 is 20.6 Å². The van der Waals surface area contributed by atoms with Gasteiger partial charge in [-0.1, -0.05) is 0 Å². The number of nitro benzene ring substituents is 1. The Morgan fingerprint density at radius 3 is 2.81 bits per heavy atom. The van der Waals surface area contributed by atoms with Crippen molar-refractivity contribution in [2.75, 3.05) is 25.9 Å². The minimum Gasteiger partial charge on any atom is -0.399 e. The maximum Gasteiger partial charge on any atom is 0.291 e. The molecule has 1 fully saturated rings. The smallest absolute Gasteiger partial charge is 0.291 e. The summed E-state index contributed by atoms with van der Waals surface area (Å²) in [5.41, 5.74) is 5.11. The second-order valence-electron chi connectivity index (χ2n) is 5.11. The summed E-state index contributed by atoms with van der Waals surface area (Å²) in [4.78, 5) is 11.9. The number of nitrogens with one attached hydrogen (secondary N) is 1. The zero-order valence-electron chi connectivity index (χ0n) is 11.7. The normalized spacial score (nSPS) is 19.8. The molecule has 1 aliphatic heterocycles. The molecule has 8 nitrogen and oxygen atoms in total. The Hall–Kier alpha value is -1.71. The number of hydrogen-bond donors (Lipinski definition) is 2. The van der Waals surface area contributed by atoms with E-state index >= 15 is 0 Å². The topological polar surface area (TPSA) is 119 Å². The van der Waals surface area contributed by atoms with Crippen LogP contribution in [-0.2, 0) is 10.0 Å². The minimum atomic E-state index is -3.94. The third-order valence-electron chi connectivity index (χ3n) is 3.65. The molecule has 1 heterocycles. The maximum absolute atomic E-state index is 12.3. The van der Waals surface area contributed by atoms with Crippen molar-refractivity contribution in [1.29, 1.82) is 0 Å². The largest absolute Gasteiger partial charge is 0.399 e. The first-order valence-corrected chi connectivity index (χ1v) is 8.03. The van der Waals surface area contributed by atoms with Gasteiger partial charge in [0.25, 0.3) is 5.69 Å².